The van der Waals surface area contributed by atoms with Crippen molar-refractivity contribution in [2.75, 3.05) is 44.2 Å². The van der Waals surface area contributed by atoms with Gasteiger partial charge in [-0.25, -0.2) is 19.4 Å². The highest BCUT2D eigenvalue weighted by molar-refractivity contribution is 5.80. The van der Waals surface area contributed by atoms with Crippen molar-refractivity contribution in [1.29, 1.82) is 0 Å². The summed E-state index contributed by atoms with van der Waals surface area (Å²) in [5.41, 5.74) is 0. The fourth-order valence-corrected chi connectivity index (χ4v) is 3.02. The molecule has 0 aliphatic carbocycles. The van der Waals surface area contributed by atoms with E-state index in [4.69, 9.17) is 9.73 Å². The van der Waals surface area contributed by atoms with E-state index in [2.05, 4.69) is 32.0 Å². The highest BCUT2D eigenvalue weighted by atomic mass is 19.1. The summed E-state index contributed by atoms with van der Waals surface area (Å²) in [6.07, 6.45) is 3.37. The number of anilines is 1. The molecular formula is C20H27FN6O. The number of aromatic nitrogens is 2. The highest BCUT2D eigenvalue weighted by Gasteiger charge is 2.21. The molecule has 28 heavy (non-hydrogen) atoms. The van der Waals surface area contributed by atoms with Gasteiger partial charge in [-0.1, -0.05) is 6.07 Å². The number of halogens is 1. The maximum absolute atomic E-state index is 13.3. The van der Waals surface area contributed by atoms with Gasteiger partial charge in [0, 0.05) is 51.2 Å². The SMILES string of the molecule is CCNC(=NCC(C)Oc1cccc(F)c1)N1CCN(c2ncccn2)CC1. The number of hydrogen-bond donors (Lipinski definition) is 1. The summed E-state index contributed by atoms with van der Waals surface area (Å²) < 4.78 is 19.1. The van der Waals surface area contributed by atoms with Gasteiger partial charge in [-0.2, -0.15) is 0 Å². The monoisotopic (exact) mass is 386 g/mol. The first-order valence-electron chi connectivity index (χ1n) is 9.63. The summed E-state index contributed by atoms with van der Waals surface area (Å²) in [5, 5.41) is 3.35. The number of guanidine groups is 1. The summed E-state index contributed by atoms with van der Waals surface area (Å²) in [6.45, 7) is 8.61. The van der Waals surface area contributed by atoms with E-state index in [1.54, 1.807) is 24.5 Å². The Balaban J connectivity index is 1.55. The zero-order valence-corrected chi connectivity index (χ0v) is 16.4. The number of piperazine rings is 1. The van der Waals surface area contributed by atoms with Crippen LogP contribution in [0.2, 0.25) is 0 Å². The Bertz CT molecular complexity index is 764. The first-order chi connectivity index (χ1) is 13.7. The van der Waals surface area contributed by atoms with Crippen LogP contribution in [0.15, 0.2) is 47.7 Å². The molecule has 0 radical (unpaired) electrons. The van der Waals surface area contributed by atoms with Crippen LogP contribution in [0, 0.1) is 5.82 Å². The first kappa shape index (κ1) is 19.9. The summed E-state index contributed by atoms with van der Waals surface area (Å²) in [7, 11) is 0. The smallest absolute Gasteiger partial charge is 0.225 e. The van der Waals surface area contributed by atoms with E-state index in [0.717, 1.165) is 44.6 Å². The molecule has 0 saturated carbocycles. The van der Waals surface area contributed by atoms with Gasteiger partial charge in [-0.3, -0.25) is 0 Å². The Morgan fingerprint density at radius 3 is 2.64 bits per heavy atom. The second-order valence-electron chi connectivity index (χ2n) is 6.60. The molecule has 0 bridgehead atoms. The Hall–Kier alpha value is -2.90. The van der Waals surface area contributed by atoms with Gasteiger partial charge >= 0.3 is 0 Å². The van der Waals surface area contributed by atoms with Gasteiger partial charge in [-0.15, -0.1) is 0 Å². The highest BCUT2D eigenvalue weighted by Crippen LogP contribution is 2.14. The van der Waals surface area contributed by atoms with E-state index in [1.807, 2.05) is 13.0 Å². The minimum atomic E-state index is -0.304. The number of rotatable bonds is 6. The lowest BCUT2D eigenvalue weighted by Gasteiger charge is -2.36. The van der Waals surface area contributed by atoms with Crippen LogP contribution in [0.3, 0.4) is 0 Å². The minimum Gasteiger partial charge on any atom is -0.489 e. The summed E-state index contributed by atoms with van der Waals surface area (Å²) in [5.74, 6) is 1.85. The van der Waals surface area contributed by atoms with Crippen LogP contribution >= 0.6 is 0 Å². The number of benzene rings is 1. The van der Waals surface area contributed by atoms with Crippen molar-refractivity contribution in [2.24, 2.45) is 4.99 Å². The van der Waals surface area contributed by atoms with Gasteiger partial charge in [0.25, 0.3) is 0 Å². The number of aliphatic imine (C=N–C) groups is 1. The molecule has 2 aromatic rings. The summed E-state index contributed by atoms with van der Waals surface area (Å²) in [4.78, 5) is 17.8. The standard InChI is InChI=1S/C20H27FN6O/c1-3-22-19(25-15-16(2)28-18-7-4-6-17(21)14-18)26-10-12-27(13-11-26)20-23-8-5-9-24-20/h4-9,14,16H,3,10-13,15H2,1-2H3,(H,22,25). The minimum absolute atomic E-state index is 0.158. The molecule has 150 valence electrons. The molecule has 7 nitrogen and oxygen atoms in total. The quantitative estimate of drug-likeness (QED) is 0.606. The molecule has 1 aromatic carbocycles. The van der Waals surface area contributed by atoms with Crippen molar-refractivity contribution in [2.45, 2.75) is 20.0 Å². The number of ether oxygens (including phenoxy) is 1. The zero-order valence-electron chi connectivity index (χ0n) is 16.4. The predicted octanol–water partition coefficient (Wildman–Crippen LogP) is 2.17. The Morgan fingerprint density at radius 2 is 1.96 bits per heavy atom. The van der Waals surface area contributed by atoms with Crippen LogP contribution in [0.1, 0.15) is 13.8 Å². The molecule has 2 heterocycles. The second kappa shape index (κ2) is 9.87. The molecule has 1 aliphatic heterocycles. The fraction of sp³-hybridized carbons (Fsp3) is 0.450. The van der Waals surface area contributed by atoms with Gasteiger partial charge in [0.05, 0.1) is 6.54 Å². The van der Waals surface area contributed by atoms with Crippen LogP contribution in [0.25, 0.3) is 0 Å². The van der Waals surface area contributed by atoms with Crippen LogP contribution in [0.4, 0.5) is 10.3 Å². The molecule has 1 fully saturated rings. The zero-order chi connectivity index (χ0) is 19.8. The molecule has 1 saturated heterocycles. The summed E-state index contributed by atoms with van der Waals surface area (Å²) in [6, 6.07) is 8.00. The van der Waals surface area contributed by atoms with Crippen LogP contribution in [-0.4, -0.2) is 66.2 Å². The van der Waals surface area contributed by atoms with Crippen molar-refractivity contribution in [3.63, 3.8) is 0 Å². The molecule has 1 atom stereocenters. The Morgan fingerprint density at radius 1 is 1.21 bits per heavy atom. The van der Waals surface area contributed by atoms with Gasteiger partial charge in [0.2, 0.25) is 5.95 Å². The predicted molar refractivity (Wildman–Crippen MR) is 108 cm³/mol. The van der Waals surface area contributed by atoms with Crippen LogP contribution in [-0.2, 0) is 0 Å². The molecule has 0 amide bonds. The van der Waals surface area contributed by atoms with Gasteiger partial charge in [0.15, 0.2) is 5.96 Å². The number of nitrogens with zero attached hydrogens (tertiary/aromatic N) is 5. The summed E-state index contributed by atoms with van der Waals surface area (Å²) >= 11 is 0. The van der Waals surface area contributed by atoms with E-state index in [0.29, 0.717) is 12.3 Å². The third kappa shape index (κ3) is 5.55. The van der Waals surface area contributed by atoms with E-state index >= 15 is 0 Å². The number of hydrogen-bond acceptors (Lipinski definition) is 5. The van der Waals surface area contributed by atoms with E-state index in [1.165, 1.54) is 12.1 Å². The third-order valence-electron chi connectivity index (χ3n) is 4.38. The van der Waals surface area contributed by atoms with Gasteiger partial charge in [-0.05, 0) is 32.0 Å². The molecule has 1 unspecified atom stereocenters. The third-order valence-corrected chi connectivity index (χ3v) is 4.38. The molecule has 3 rings (SSSR count). The van der Waals surface area contributed by atoms with Crippen molar-refractivity contribution in [3.8, 4) is 5.75 Å². The maximum Gasteiger partial charge on any atom is 0.225 e. The van der Waals surface area contributed by atoms with E-state index < -0.39 is 0 Å². The second-order valence-corrected chi connectivity index (χ2v) is 6.60. The largest absolute Gasteiger partial charge is 0.489 e. The molecule has 0 spiro atoms. The first-order valence-corrected chi connectivity index (χ1v) is 9.63. The van der Waals surface area contributed by atoms with Crippen molar-refractivity contribution in [3.05, 3.63) is 48.5 Å². The normalized spacial score (nSPS) is 16.0. The topological polar surface area (TPSA) is 65.9 Å². The van der Waals surface area contributed by atoms with Crippen molar-refractivity contribution in [1.82, 2.24) is 20.2 Å². The Kier molecular flexibility index (Phi) is 7.00. The number of nitrogens with one attached hydrogen (secondary N) is 1. The van der Waals surface area contributed by atoms with Crippen LogP contribution < -0.4 is 15.0 Å². The van der Waals surface area contributed by atoms with Crippen molar-refractivity contribution >= 4 is 11.9 Å². The average molecular weight is 386 g/mol. The Labute approximate surface area is 165 Å². The fourth-order valence-electron chi connectivity index (χ4n) is 3.02. The average Bonchev–Trinajstić information content (AvgIpc) is 2.72. The van der Waals surface area contributed by atoms with E-state index in [9.17, 15) is 4.39 Å². The van der Waals surface area contributed by atoms with Crippen LogP contribution in [0.5, 0.6) is 5.75 Å². The molecule has 1 aliphatic rings. The lowest BCUT2D eigenvalue weighted by molar-refractivity contribution is 0.228. The molecule has 8 heteroatoms. The molecule has 1 aromatic heterocycles. The lowest BCUT2D eigenvalue weighted by Crippen LogP contribution is -2.53. The molecular weight excluding hydrogens is 359 g/mol. The van der Waals surface area contributed by atoms with Gasteiger partial charge in [0.1, 0.15) is 17.7 Å². The lowest BCUT2D eigenvalue weighted by atomic mass is 10.3. The van der Waals surface area contributed by atoms with Gasteiger partial charge < -0.3 is 19.9 Å². The van der Waals surface area contributed by atoms with E-state index in [-0.39, 0.29) is 11.9 Å². The van der Waals surface area contributed by atoms with Crippen molar-refractivity contribution < 1.29 is 9.13 Å². The maximum atomic E-state index is 13.3. The molecule has 1 N–H and O–H groups in total.